The predicted octanol–water partition coefficient (Wildman–Crippen LogP) is 12.7. The Kier molecular flexibility index (Phi) is 6.69. The minimum Gasteiger partial charge on any atom is -0.484 e. The molecular formula is C51H31N3O2. The molecule has 1 aliphatic heterocycles. The van der Waals surface area contributed by atoms with Gasteiger partial charge in [0.2, 0.25) is 0 Å². The molecule has 0 N–H and O–H groups in total. The fourth-order valence-electron chi connectivity index (χ4n) is 8.84. The van der Waals surface area contributed by atoms with Crippen molar-refractivity contribution in [1.29, 1.82) is 0 Å². The topological polar surface area (TPSA) is 61.0 Å². The largest absolute Gasteiger partial charge is 0.484 e. The maximum Gasteiger partial charge on any atom is 0.165 e. The molecule has 2 aliphatic rings. The SMILES string of the molecule is C1=CC2Oc3c(-c4ccc5oc6ccccc6c5c4-c4nc(-c5ccc6ccccc6c5)nc(-c5ccc6ccccc6c5)n4)cccc3C2c2ccccc21. The highest BCUT2D eigenvalue weighted by molar-refractivity contribution is 6.15. The Balaban J connectivity index is 1.15. The van der Waals surface area contributed by atoms with Crippen LogP contribution in [-0.4, -0.2) is 21.1 Å². The molecule has 0 radical (unpaired) electrons. The average Bonchev–Trinajstić information content (AvgIpc) is 3.85. The number of aromatic nitrogens is 3. The number of hydrogen-bond acceptors (Lipinski definition) is 5. The number of furan rings is 1. The number of fused-ring (bicyclic) bond motifs is 10. The molecule has 0 fully saturated rings. The molecule has 262 valence electrons. The first kappa shape index (κ1) is 31.0. The van der Waals surface area contributed by atoms with Crippen LogP contribution in [0.5, 0.6) is 5.75 Å². The molecule has 3 heterocycles. The summed E-state index contributed by atoms with van der Waals surface area (Å²) in [6, 6.07) is 57.1. The Morgan fingerprint density at radius 1 is 0.464 bits per heavy atom. The van der Waals surface area contributed by atoms with Crippen LogP contribution in [0.3, 0.4) is 0 Å². The van der Waals surface area contributed by atoms with Crippen LogP contribution in [0.25, 0.3) is 94.8 Å². The van der Waals surface area contributed by atoms with E-state index in [1.807, 2.05) is 12.1 Å². The van der Waals surface area contributed by atoms with Crippen molar-refractivity contribution in [2.75, 3.05) is 0 Å². The Hall–Kier alpha value is -7.37. The number of rotatable bonds is 4. The Morgan fingerprint density at radius 2 is 1.11 bits per heavy atom. The van der Waals surface area contributed by atoms with Crippen LogP contribution in [0.4, 0.5) is 0 Å². The van der Waals surface area contributed by atoms with Gasteiger partial charge in [-0.1, -0.05) is 140 Å². The van der Waals surface area contributed by atoms with Crippen LogP contribution in [0.1, 0.15) is 22.6 Å². The minimum absolute atomic E-state index is 0.0980. The van der Waals surface area contributed by atoms with Crippen molar-refractivity contribution in [3.63, 3.8) is 0 Å². The lowest BCUT2D eigenvalue weighted by atomic mass is 9.81. The van der Waals surface area contributed by atoms with Crippen LogP contribution in [0.2, 0.25) is 0 Å². The normalized spacial score (nSPS) is 15.6. The molecule has 0 bridgehead atoms. The summed E-state index contributed by atoms with van der Waals surface area (Å²) in [5, 5.41) is 6.52. The van der Waals surface area contributed by atoms with Crippen molar-refractivity contribution in [3.8, 4) is 51.0 Å². The molecule has 12 rings (SSSR count). The number of benzene rings is 8. The number of nitrogens with zero attached hydrogens (tertiary/aromatic N) is 3. The van der Waals surface area contributed by atoms with Gasteiger partial charge in [0.15, 0.2) is 17.5 Å². The molecule has 0 saturated carbocycles. The molecular weight excluding hydrogens is 687 g/mol. The van der Waals surface area contributed by atoms with Gasteiger partial charge >= 0.3 is 0 Å². The number of para-hydroxylation sites is 2. The zero-order valence-electron chi connectivity index (χ0n) is 30.1. The Bertz CT molecular complexity index is 3170. The van der Waals surface area contributed by atoms with Gasteiger partial charge < -0.3 is 9.15 Å². The highest BCUT2D eigenvalue weighted by Crippen LogP contribution is 2.52. The first-order chi connectivity index (χ1) is 27.7. The average molecular weight is 718 g/mol. The summed E-state index contributed by atoms with van der Waals surface area (Å²) < 4.78 is 13.5. The molecule has 56 heavy (non-hydrogen) atoms. The van der Waals surface area contributed by atoms with E-state index >= 15 is 0 Å². The molecule has 2 aromatic heterocycles. The van der Waals surface area contributed by atoms with Gasteiger partial charge in [-0.25, -0.2) is 15.0 Å². The van der Waals surface area contributed by atoms with Crippen molar-refractivity contribution in [2.24, 2.45) is 0 Å². The maximum absolute atomic E-state index is 6.93. The summed E-state index contributed by atoms with van der Waals surface area (Å²) in [6.07, 6.45) is 4.28. The predicted molar refractivity (Wildman–Crippen MR) is 226 cm³/mol. The van der Waals surface area contributed by atoms with Gasteiger partial charge in [-0.05, 0) is 74.6 Å². The third-order valence-corrected chi connectivity index (χ3v) is 11.5. The van der Waals surface area contributed by atoms with E-state index in [-0.39, 0.29) is 12.0 Å². The first-order valence-electron chi connectivity index (χ1n) is 19.0. The molecule has 0 amide bonds. The second-order valence-corrected chi connectivity index (χ2v) is 14.7. The summed E-state index contributed by atoms with van der Waals surface area (Å²) in [5.41, 5.74) is 9.93. The van der Waals surface area contributed by atoms with Crippen LogP contribution in [0, 0.1) is 0 Å². The van der Waals surface area contributed by atoms with Gasteiger partial charge in [0.05, 0.1) is 5.92 Å². The van der Waals surface area contributed by atoms with Crippen molar-refractivity contribution in [1.82, 2.24) is 15.0 Å². The number of hydrogen-bond donors (Lipinski definition) is 0. The van der Waals surface area contributed by atoms with Crippen LogP contribution >= 0.6 is 0 Å². The third-order valence-electron chi connectivity index (χ3n) is 11.5. The molecule has 5 heteroatoms. The standard InChI is InChI=1S/C51H31N3O2/c1-3-13-33-28-35(22-20-30(33)10-1)49-52-50(36-23-21-31-11-2-4-14-34(31)29-36)54-51(53-49)47-38(25-27-44-46(47)40-16-7-8-19-42(40)55-44)39-17-9-18-41-45-37-15-6-5-12-32(37)24-26-43(45)56-48(39)41/h1-29,43,45H. The van der Waals surface area contributed by atoms with Crippen molar-refractivity contribution in [2.45, 2.75) is 12.0 Å². The quantitative estimate of drug-likeness (QED) is 0.181. The molecule has 0 spiro atoms. The van der Waals surface area contributed by atoms with Gasteiger partial charge in [0.25, 0.3) is 0 Å². The summed E-state index contributed by atoms with van der Waals surface area (Å²) in [6.45, 7) is 0. The maximum atomic E-state index is 6.93. The van der Waals surface area contributed by atoms with E-state index in [4.69, 9.17) is 24.1 Å². The molecule has 0 saturated heterocycles. The van der Waals surface area contributed by atoms with E-state index in [2.05, 4.69) is 164 Å². The lowest BCUT2D eigenvalue weighted by Gasteiger charge is -2.22. The summed E-state index contributed by atoms with van der Waals surface area (Å²) >= 11 is 0. The second-order valence-electron chi connectivity index (χ2n) is 14.7. The fraction of sp³-hybridized carbons (Fsp3) is 0.0392. The molecule has 1 aliphatic carbocycles. The first-order valence-corrected chi connectivity index (χ1v) is 19.0. The molecule has 2 atom stereocenters. The fourth-order valence-corrected chi connectivity index (χ4v) is 8.84. The lowest BCUT2D eigenvalue weighted by Crippen LogP contribution is -2.20. The summed E-state index contributed by atoms with van der Waals surface area (Å²) in [5.74, 6) is 2.75. The zero-order valence-corrected chi connectivity index (χ0v) is 30.1. The van der Waals surface area contributed by atoms with Gasteiger partial charge in [-0.3, -0.25) is 0 Å². The van der Waals surface area contributed by atoms with Crippen LogP contribution < -0.4 is 4.74 Å². The highest BCUT2D eigenvalue weighted by Gasteiger charge is 2.39. The zero-order chi connectivity index (χ0) is 36.7. The van der Waals surface area contributed by atoms with Crippen molar-refractivity contribution >= 4 is 49.6 Å². The van der Waals surface area contributed by atoms with E-state index in [1.165, 1.54) is 16.7 Å². The van der Waals surface area contributed by atoms with Gasteiger partial charge in [0.1, 0.15) is 23.0 Å². The van der Waals surface area contributed by atoms with E-state index in [1.54, 1.807) is 0 Å². The smallest absolute Gasteiger partial charge is 0.165 e. The number of ether oxygens (including phenoxy) is 1. The molecule has 10 aromatic rings. The molecule has 5 nitrogen and oxygen atoms in total. The molecule has 8 aromatic carbocycles. The van der Waals surface area contributed by atoms with Gasteiger partial charge in [-0.15, -0.1) is 0 Å². The van der Waals surface area contributed by atoms with Crippen molar-refractivity contribution in [3.05, 3.63) is 187 Å². The Morgan fingerprint density at radius 3 is 1.88 bits per heavy atom. The monoisotopic (exact) mass is 717 g/mol. The highest BCUT2D eigenvalue weighted by atomic mass is 16.5. The van der Waals surface area contributed by atoms with E-state index in [9.17, 15) is 0 Å². The summed E-state index contributed by atoms with van der Waals surface area (Å²) in [7, 11) is 0. The van der Waals surface area contributed by atoms with Gasteiger partial charge in [0, 0.05) is 38.6 Å². The summed E-state index contributed by atoms with van der Waals surface area (Å²) in [4.78, 5) is 15.9. The lowest BCUT2D eigenvalue weighted by molar-refractivity contribution is 0.268. The van der Waals surface area contributed by atoms with E-state index in [0.717, 1.165) is 77.1 Å². The Labute approximate surface area is 322 Å². The minimum atomic E-state index is -0.0980. The third kappa shape index (κ3) is 4.77. The van der Waals surface area contributed by atoms with Crippen LogP contribution in [0.15, 0.2) is 174 Å². The van der Waals surface area contributed by atoms with Gasteiger partial charge in [-0.2, -0.15) is 0 Å². The van der Waals surface area contributed by atoms with E-state index in [0.29, 0.717) is 17.5 Å². The van der Waals surface area contributed by atoms with Crippen molar-refractivity contribution < 1.29 is 9.15 Å². The second kappa shape index (κ2) is 12.1. The van der Waals surface area contributed by atoms with E-state index < -0.39 is 0 Å². The van der Waals surface area contributed by atoms with Crippen LogP contribution in [-0.2, 0) is 0 Å². The molecule has 2 unspecified atom stereocenters.